The Morgan fingerprint density at radius 2 is 1.48 bits per heavy atom. The predicted octanol–water partition coefficient (Wildman–Crippen LogP) is 5.25. The summed E-state index contributed by atoms with van der Waals surface area (Å²) in [5.41, 5.74) is 0.670. The Labute approximate surface area is 193 Å². The van der Waals surface area contributed by atoms with Gasteiger partial charge in [0.05, 0.1) is 17.7 Å². The van der Waals surface area contributed by atoms with Gasteiger partial charge in [-0.2, -0.15) is 0 Å². The van der Waals surface area contributed by atoms with Crippen LogP contribution in [0.2, 0.25) is 0 Å². The minimum atomic E-state index is -0.619. The number of nitrogens with zero attached hydrogens (tertiary/aromatic N) is 1. The highest BCUT2D eigenvalue weighted by molar-refractivity contribution is 6.21. The zero-order chi connectivity index (χ0) is 23.6. The first-order valence-electron chi connectivity index (χ1n) is 11.1. The van der Waals surface area contributed by atoms with Gasteiger partial charge in [0.15, 0.2) is 0 Å². The number of amides is 2. The predicted molar refractivity (Wildman–Crippen MR) is 126 cm³/mol. The van der Waals surface area contributed by atoms with E-state index >= 15 is 0 Å². The molecule has 4 rings (SSSR count). The van der Waals surface area contributed by atoms with Crippen LogP contribution in [0.25, 0.3) is 10.8 Å². The van der Waals surface area contributed by atoms with Crippen LogP contribution < -0.4 is 4.74 Å². The van der Waals surface area contributed by atoms with Gasteiger partial charge in [-0.15, -0.1) is 0 Å². The molecule has 0 aliphatic carbocycles. The minimum Gasteiger partial charge on any atom is -0.492 e. The third-order valence-electron chi connectivity index (χ3n) is 5.40. The maximum atomic E-state index is 12.8. The fourth-order valence-corrected chi connectivity index (χ4v) is 3.88. The Balaban J connectivity index is 1.42. The smallest absolute Gasteiger partial charge is 0.342 e. The number of hydrogen-bond donors (Lipinski definition) is 0. The molecule has 0 aromatic heterocycles. The van der Waals surface area contributed by atoms with E-state index in [9.17, 15) is 14.4 Å². The van der Waals surface area contributed by atoms with Gasteiger partial charge >= 0.3 is 5.97 Å². The lowest BCUT2D eigenvalue weighted by atomic mass is 10.0. The number of hydrogen-bond acceptors (Lipinski definition) is 5. The minimum absolute atomic E-state index is 0.252. The molecule has 3 aromatic carbocycles. The number of ether oxygens (including phenoxy) is 2. The summed E-state index contributed by atoms with van der Waals surface area (Å²) in [6.07, 6.45) is 1.21. The highest BCUT2D eigenvalue weighted by atomic mass is 16.6. The highest BCUT2D eigenvalue weighted by Crippen LogP contribution is 2.32. The van der Waals surface area contributed by atoms with Gasteiger partial charge < -0.3 is 9.47 Å². The molecule has 0 fully saturated rings. The summed E-state index contributed by atoms with van der Waals surface area (Å²) in [5, 5.41) is 1.80. The van der Waals surface area contributed by atoms with Crippen molar-refractivity contribution < 1.29 is 23.9 Å². The monoisotopic (exact) mass is 445 g/mol. The Hall–Kier alpha value is -3.67. The van der Waals surface area contributed by atoms with Crippen molar-refractivity contribution in [2.24, 2.45) is 0 Å². The molecule has 0 spiro atoms. The topological polar surface area (TPSA) is 72.9 Å². The molecule has 6 heteroatoms. The van der Waals surface area contributed by atoms with E-state index < -0.39 is 11.6 Å². The van der Waals surface area contributed by atoms with Crippen LogP contribution in [0.1, 0.15) is 64.7 Å². The van der Waals surface area contributed by atoms with Gasteiger partial charge in [0.2, 0.25) is 0 Å². The van der Waals surface area contributed by atoms with Gasteiger partial charge in [0.25, 0.3) is 11.8 Å². The van der Waals surface area contributed by atoms with Crippen molar-refractivity contribution >= 4 is 28.6 Å². The van der Waals surface area contributed by atoms with Crippen LogP contribution in [-0.4, -0.2) is 41.4 Å². The van der Waals surface area contributed by atoms with Crippen molar-refractivity contribution in [2.75, 3.05) is 13.2 Å². The van der Waals surface area contributed by atoms with Crippen LogP contribution >= 0.6 is 0 Å². The molecule has 3 aromatic rings. The van der Waals surface area contributed by atoms with Crippen LogP contribution in [0.15, 0.2) is 60.7 Å². The van der Waals surface area contributed by atoms with E-state index in [-0.39, 0.29) is 11.8 Å². The third-order valence-corrected chi connectivity index (χ3v) is 5.40. The molecule has 0 unspecified atom stereocenters. The van der Waals surface area contributed by atoms with E-state index in [2.05, 4.69) is 0 Å². The molecule has 1 aliphatic heterocycles. The number of benzene rings is 3. The normalized spacial score (nSPS) is 13.4. The molecule has 1 aliphatic rings. The van der Waals surface area contributed by atoms with Crippen molar-refractivity contribution in [2.45, 2.75) is 39.2 Å². The molecular formula is C27H27NO5. The lowest BCUT2D eigenvalue weighted by Crippen LogP contribution is -2.30. The van der Waals surface area contributed by atoms with E-state index in [0.717, 1.165) is 10.8 Å². The van der Waals surface area contributed by atoms with Gasteiger partial charge in [-0.05, 0) is 57.2 Å². The number of fused-ring (bicyclic) bond motifs is 2. The molecule has 2 amide bonds. The van der Waals surface area contributed by atoms with Crippen molar-refractivity contribution in [3.8, 4) is 5.75 Å². The lowest BCUT2D eigenvalue weighted by Gasteiger charge is -2.21. The zero-order valence-electron chi connectivity index (χ0n) is 19.1. The molecule has 170 valence electrons. The lowest BCUT2D eigenvalue weighted by molar-refractivity contribution is 0.00656. The average Bonchev–Trinajstić information content (AvgIpc) is 3.02. The van der Waals surface area contributed by atoms with E-state index in [1.54, 1.807) is 30.3 Å². The summed E-state index contributed by atoms with van der Waals surface area (Å²) in [6.45, 7) is 6.14. The van der Waals surface area contributed by atoms with Crippen molar-refractivity contribution in [1.82, 2.24) is 4.90 Å². The van der Waals surface area contributed by atoms with E-state index in [4.69, 9.17) is 9.47 Å². The summed E-state index contributed by atoms with van der Waals surface area (Å²) in [7, 11) is 0. The summed E-state index contributed by atoms with van der Waals surface area (Å²) >= 11 is 0. The quantitative estimate of drug-likeness (QED) is 0.282. The maximum absolute atomic E-state index is 12.8. The molecule has 0 N–H and O–H groups in total. The largest absolute Gasteiger partial charge is 0.492 e. The van der Waals surface area contributed by atoms with E-state index in [1.807, 2.05) is 51.1 Å². The average molecular weight is 446 g/mol. The number of carbonyl (C=O) groups is 3. The summed E-state index contributed by atoms with van der Waals surface area (Å²) in [5.74, 6) is -0.451. The van der Waals surface area contributed by atoms with Crippen molar-refractivity contribution in [3.05, 3.63) is 77.4 Å². The second kappa shape index (κ2) is 9.06. The molecule has 0 atom stereocenters. The second-order valence-corrected chi connectivity index (χ2v) is 9.03. The molecule has 33 heavy (non-hydrogen) atoms. The fourth-order valence-electron chi connectivity index (χ4n) is 3.88. The van der Waals surface area contributed by atoms with Crippen molar-refractivity contribution in [3.63, 3.8) is 0 Å². The standard InChI is InChI=1S/C27H27NO5/c1-27(2,3)33-26(31)22-15-14-18-10-4-5-11-19(18)23(22)32-17-9-8-16-28-24(29)20-12-6-7-13-21(20)25(28)30/h4-7,10-15H,8-9,16-17H2,1-3H3. The molecule has 0 radical (unpaired) electrons. The number of unbranched alkanes of at least 4 members (excludes halogenated alkanes) is 1. The Morgan fingerprint density at radius 3 is 2.15 bits per heavy atom. The number of rotatable bonds is 7. The molecule has 0 saturated carbocycles. The Morgan fingerprint density at radius 1 is 0.848 bits per heavy atom. The summed E-state index contributed by atoms with van der Waals surface area (Å²) < 4.78 is 11.6. The van der Waals surface area contributed by atoms with Crippen LogP contribution in [-0.2, 0) is 4.74 Å². The van der Waals surface area contributed by atoms with Gasteiger partial charge in [-0.3, -0.25) is 14.5 Å². The first kappa shape index (κ1) is 22.5. The Kier molecular flexibility index (Phi) is 6.18. The number of carbonyl (C=O) groups excluding carboxylic acids is 3. The number of imide groups is 1. The van der Waals surface area contributed by atoms with Crippen LogP contribution in [0.5, 0.6) is 5.75 Å². The Bertz CT molecular complexity index is 1190. The van der Waals surface area contributed by atoms with Gasteiger partial charge in [0, 0.05) is 11.9 Å². The van der Waals surface area contributed by atoms with Crippen LogP contribution in [0.4, 0.5) is 0 Å². The molecule has 0 bridgehead atoms. The molecule has 1 heterocycles. The highest BCUT2D eigenvalue weighted by Gasteiger charge is 2.34. The SMILES string of the molecule is CC(C)(C)OC(=O)c1ccc2ccccc2c1OCCCCN1C(=O)c2ccccc2C1=O. The van der Waals surface area contributed by atoms with Gasteiger partial charge in [-0.1, -0.05) is 42.5 Å². The molecule has 6 nitrogen and oxygen atoms in total. The van der Waals surface area contributed by atoms with E-state index in [0.29, 0.717) is 48.4 Å². The zero-order valence-corrected chi connectivity index (χ0v) is 19.1. The van der Waals surface area contributed by atoms with Gasteiger partial charge in [0.1, 0.15) is 16.9 Å². The fraction of sp³-hybridized carbons (Fsp3) is 0.296. The first-order valence-corrected chi connectivity index (χ1v) is 11.1. The molecular weight excluding hydrogens is 418 g/mol. The first-order chi connectivity index (χ1) is 15.8. The maximum Gasteiger partial charge on any atom is 0.342 e. The molecule has 0 saturated heterocycles. The van der Waals surface area contributed by atoms with Gasteiger partial charge in [-0.25, -0.2) is 4.79 Å². The van der Waals surface area contributed by atoms with Crippen molar-refractivity contribution in [1.29, 1.82) is 0 Å². The summed E-state index contributed by atoms with van der Waals surface area (Å²) in [4.78, 5) is 39.1. The van der Waals surface area contributed by atoms with Crippen LogP contribution in [0, 0.1) is 0 Å². The van der Waals surface area contributed by atoms with Crippen LogP contribution in [0.3, 0.4) is 0 Å². The summed E-state index contributed by atoms with van der Waals surface area (Å²) in [6, 6.07) is 18.2. The number of esters is 1. The second-order valence-electron chi connectivity index (χ2n) is 9.03. The van der Waals surface area contributed by atoms with E-state index in [1.165, 1.54) is 4.90 Å². The third kappa shape index (κ3) is 4.75.